The van der Waals surface area contributed by atoms with Crippen molar-refractivity contribution in [3.8, 4) is 0 Å². The highest BCUT2D eigenvalue weighted by Gasteiger charge is 2.02. The fraction of sp³-hybridized carbons (Fsp3) is 0.462. The van der Waals surface area contributed by atoms with E-state index in [0.717, 1.165) is 13.0 Å². The summed E-state index contributed by atoms with van der Waals surface area (Å²) in [7, 11) is 0. The molecular formula is C13H23N5. The molecule has 5 heteroatoms. The van der Waals surface area contributed by atoms with Crippen LogP contribution in [-0.4, -0.2) is 25.1 Å². The van der Waals surface area contributed by atoms with E-state index in [0.29, 0.717) is 13.1 Å². The minimum atomic E-state index is -0.0520. The Balaban J connectivity index is 2.22. The van der Waals surface area contributed by atoms with E-state index in [2.05, 4.69) is 41.8 Å². The molecule has 5 nitrogen and oxygen atoms in total. The fourth-order valence-corrected chi connectivity index (χ4v) is 1.61. The first-order chi connectivity index (χ1) is 8.61. The molecule has 0 fully saturated rings. The van der Waals surface area contributed by atoms with E-state index in [9.17, 15) is 0 Å². The van der Waals surface area contributed by atoms with E-state index in [1.807, 2.05) is 0 Å². The second-order valence-electron chi connectivity index (χ2n) is 4.36. The van der Waals surface area contributed by atoms with Crippen LogP contribution in [0.2, 0.25) is 0 Å². The zero-order valence-corrected chi connectivity index (χ0v) is 10.9. The SMILES string of the molecule is CCc1ccc(CNCC(N)CNC(=N)N)cc1. The lowest BCUT2D eigenvalue weighted by atomic mass is 10.1. The molecule has 7 N–H and O–H groups in total. The average Bonchev–Trinajstić information content (AvgIpc) is 2.37. The summed E-state index contributed by atoms with van der Waals surface area (Å²) in [6.45, 7) is 4.15. The third-order valence-electron chi connectivity index (χ3n) is 2.72. The lowest BCUT2D eigenvalue weighted by molar-refractivity contribution is 0.564. The minimum absolute atomic E-state index is 0.0411. The molecule has 0 heterocycles. The Morgan fingerprint density at radius 2 is 1.83 bits per heavy atom. The molecular weight excluding hydrogens is 226 g/mol. The van der Waals surface area contributed by atoms with Crippen LogP contribution >= 0.6 is 0 Å². The van der Waals surface area contributed by atoms with Crippen LogP contribution in [0, 0.1) is 5.41 Å². The van der Waals surface area contributed by atoms with Crippen LogP contribution in [0.1, 0.15) is 18.1 Å². The number of nitrogens with one attached hydrogen (secondary N) is 3. The molecule has 0 saturated carbocycles. The summed E-state index contributed by atoms with van der Waals surface area (Å²) in [6.07, 6.45) is 1.06. The largest absolute Gasteiger partial charge is 0.370 e. The Kier molecular flexibility index (Phi) is 6.18. The monoisotopic (exact) mass is 249 g/mol. The van der Waals surface area contributed by atoms with Gasteiger partial charge >= 0.3 is 0 Å². The Morgan fingerprint density at radius 3 is 2.39 bits per heavy atom. The molecule has 0 aromatic heterocycles. The quantitative estimate of drug-likeness (QED) is 0.351. The maximum Gasteiger partial charge on any atom is 0.185 e. The van der Waals surface area contributed by atoms with E-state index in [-0.39, 0.29) is 12.0 Å². The van der Waals surface area contributed by atoms with Gasteiger partial charge in [-0.2, -0.15) is 0 Å². The molecule has 1 aromatic rings. The third kappa shape index (κ3) is 5.65. The molecule has 0 aliphatic heterocycles. The summed E-state index contributed by atoms with van der Waals surface area (Å²) < 4.78 is 0. The summed E-state index contributed by atoms with van der Waals surface area (Å²) in [5, 5.41) is 13.0. The standard InChI is InChI=1S/C13H23N5/c1-2-10-3-5-11(6-4-10)7-17-8-12(14)9-18-13(15)16/h3-6,12,17H,2,7-9,14H2,1H3,(H4,15,16,18). The van der Waals surface area contributed by atoms with Gasteiger partial charge in [0.05, 0.1) is 0 Å². The Hall–Kier alpha value is -1.59. The van der Waals surface area contributed by atoms with Crippen LogP contribution < -0.4 is 22.1 Å². The number of guanidine groups is 1. The molecule has 0 aliphatic carbocycles. The molecule has 1 unspecified atom stereocenters. The Labute approximate surface area is 108 Å². The van der Waals surface area contributed by atoms with Gasteiger partial charge < -0.3 is 22.1 Å². The van der Waals surface area contributed by atoms with Crippen LogP contribution in [-0.2, 0) is 13.0 Å². The Bertz CT molecular complexity index is 360. The predicted octanol–water partition coefficient (Wildman–Crippen LogP) is 0.149. The number of rotatable bonds is 7. The molecule has 0 saturated heterocycles. The normalized spacial score (nSPS) is 12.1. The summed E-state index contributed by atoms with van der Waals surface area (Å²) in [6, 6.07) is 8.50. The third-order valence-corrected chi connectivity index (χ3v) is 2.72. The first kappa shape index (κ1) is 14.5. The first-order valence-corrected chi connectivity index (χ1v) is 6.23. The average molecular weight is 249 g/mol. The Morgan fingerprint density at radius 1 is 1.22 bits per heavy atom. The van der Waals surface area contributed by atoms with Crippen molar-refractivity contribution < 1.29 is 0 Å². The summed E-state index contributed by atoms with van der Waals surface area (Å²) in [4.78, 5) is 0. The van der Waals surface area contributed by atoms with Crippen molar-refractivity contribution in [1.29, 1.82) is 5.41 Å². The maximum atomic E-state index is 7.03. The smallest absolute Gasteiger partial charge is 0.185 e. The van der Waals surface area contributed by atoms with Gasteiger partial charge in [-0.25, -0.2) is 0 Å². The number of hydrogen-bond donors (Lipinski definition) is 5. The van der Waals surface area contributed by atoms with Gasteiger partial charge in [0.15, 0.2) is 5.96 Å². The summed E-state index contributed by atoms with van der Waals surface area (Å²) in [5.74, 6) is -0.0411. The fourth-order valence-electron chi connectivity index (χ4n) is 1.61. The molecule has 1 atom stereocenters. The molecule has 0 radical (unpaired) electrons. The molecule has 1 aromatic carbocycles. The number of aryl methyl sites for hydroxylation is 1. The van der Waals surface area contributed by atoms with Crippen molar-refractivity contribution in [2.45, 2.75) is 25.9 Å². The van der Waals surface area contributed by atoms with Crippen molar-refractivity contribution in [1.82, 2.24) is 10.6 Å². The van der Waals surface area contributed by atoms with Crippen LogP contribution in [0.25, 0.3) is 0 Å². The highest BCUT2D eigenvalue weighted by molar-refractivity contribution is 5.74. The lowest BCUT2D eigenvalue weighted by Gasteiger charge is -2.13. The topological polar surface area (TPSA) is 100.0 Å². The van der Waals surface area contributed by atoms with Crippen LogP contribution in [0.3, 0.4) is 0 Å². The molecule has 0 amide bonds. The van der Waals surface area contributed by atoms with Gasteiger partial charge in [0.25, 0.3) is 0 Å². The van der Waals surface area contributed by atoms with Gasteiger partial charge in [0.2, 0.25) is 0 Å². The van der Waals surface area contributed by atoms with Crippen molar-refractivity contribution in [3.63, 3.8) is 0 Å². The lowest BCUT2D eigenvalue weighted by Crippen LogP contribution is -2.45. The maximum absolute atomic E-state index is 7.03. The summed E-state index contributed by atoms with van der Waals surface area (Å²) >= 11 is 0. The van der Waals surface area contributed by atoms with Crippen molar-refractivity contribution in [2.24, 2.45) is 11.5 Å². The van der Waals surface area contributed by atoms with Gasteiger partial charge in [0.1, 0.15) is 0 Å². The summed E-state index contributed by atoms with van der Waals surface area (Å²) in [5.41, 5.74) is 13.6. The highest BCUT2D eigenvalue weighted by atomic mass is 15.1. The van der Waals surface area contributed by atoms with Crippen LogP contribution in [0.5, 0.6) is 0 Å². The molecule has 0 bridgehead atoms. The number of benzene rings is 1. The second kappa shape index (κ2) is 7.68. The van der Waals surface area contributed by atoms with Crippen LogP contribution in [0.15, 0.2) is 24.3 Å². The van der Waals surface area contributed by atoms with Crippen molar-refractivity contribution in [3.05, 3.63) is 35.4 Å². The van der Waals surface area contributed by atoms with Gasteiger partial charge in [-0.3, -0.25) is 5.41 Å². The second-order valence-corrected chi connectivity index (χ2v) is 4.36. The van der Waals surface area contributed by atoms with E-state index in [1.165, 1.54) is 11.1 Å². The zero-order valence-electron chi connectivity index (χ0n) is 10.9. The predicted molar refractivity (Wildman–Crippen MR) is 75.4 cm³/mol. The van der Waals surface area contributed by atoms with Gasteiger partial charge in [-0.05, 0) is 17.5 Å². The van der Waals surface area contributed by atoms with Crippen molar-refractivity contribution in [2.75, 3.05) is 13.1 Å². The number of nitrogens with two attached hydrogens (primary N) is 2. The van der Waals surface area contributed by atoms with E-state index >= 15 is 0 Å². The van der Waals surface area contributed by atoms with Gasteiger partial charge in [-0.1, -0.05) is 31.2 Å². The highest BCUT2D eigenvalue weighted by Crippen LogP contribution is 2.04. The molecule has 0 aliphatic rings. The first-order valence-electron chi connectivity index (χ1n) is 6.23. The van der Waals surface area contributed by atoms with E-state index in [1.54, 1.807) is 0 Å². The van der Waals surface area contributed by atoms with Gasteiger partial charge in [-0.15, -0.1) is 0 Å². The van der Waals surface area contributed by atoms with E-state index in [4.69, 9.17) is 16.9 Å². The van der Waals surface area contributed by atoms with E-state index < -0.39 is 0 Å². The minimum Gasteiger partial charge on any atom is -0.370 e. The van der Waals surface area contributed by atoms with Crippen molar-refractivity contribution >= 4 is 5.96 Å². The molecule has 0 spiro atoms. The zero-order chi connectivity index (χ0) is 13.4. The molecule has 18 heavy (non-hydrogen) atoms. The van der Waals surface area contributed by atoms with Gasteiger partial charge in [0, 0.05) is 25.7 Å². The van der Waals surface area contributed by atoms with Crippen LogP contribution in [0.4, 0.5) is 0 Å². The molecule has 1 rings (SSSR count). The number of hydrogen-bond acceptors (Lipinski definition) is 3. The molecule has 100 valence electrons.